The van der Waals surface area contributed by atoms with Crippen molar-refractivity contribution in [2.75, 3.05) is 20.2 Å². The second-order valence-electron chi connectivity index (χ2n) is 9.61. The molecule has 1 aliphatic carbocycles. The van der Waals surface area contributed by atoms with E-state index in [0.717, 1.165) is 40.4 Å². The molecule has 3 aromatic rings. The van der Waals surface area contributed by atoms with Crippen molar-refractivity contribution < 1.29 is 19.5 Å². The predicted molar refractivity (Wildman–Crippen MR) is 135 cm³/mol. The molecule has 0 aliphatic heterocycles. The van der Waals surface area contributed by atoms with Crippen molar-refractivity contribution in [3.63, 3.8) is 0 Å². The van der Waals surface area contributed by atoms with Gasteiger partial charge in [0.15, 0.2) is 5.82 Å². The highest BCUT2D eigenvalue weighted by Gasteiger charge is 2.23. The van der Waals surface area contributed by atoms with Crippen molar-refractivity contribution in [2.45, 2.75) is 65.4 Å². The molecule has 1 atom stereocenters. The Kier molecular flexibility index (Phi) is 8.03. The number of rotatable bonds is 9. The van der Waals surface area contributed by atoms with E-state index >= 15 is 0 Å². The molecule has 4 rings (SSSR count). The van der Waals surface area contributed by atoms with Crippen molar-refractivity contribution in [3.05, 3.63) is 40.9 Å². The van der Waals surface area contributed by atoms with Crippen LogP contribution in [0.5, 0.6) is 11.5 Å². The average molecular weight is 481 g/mol. The van der Waals surface area contributed by atoms with Gasteiger partial charge >= 0.3 is 0 Å². The summed E-state index contributed by atoms with van der Waals surface area (Å²) in [5.74, 6) is 2.36. The maximum absolute atomic E-state index is 10.4. The van der Waals surface area contributed by atoms with E-state index in [4.69, 9.17) is 19.2 Å². The summed E-state index contributed by atoms with van der Waals surface area (Å²) < 4.78 is 11.2. The molecule has 188 valence electrons. The van der Waals surface area contributed by atoms with E-state index in [9.17, 15) is 10.2 Å². The molecule has 0 radical (unpaired) electrons. The summed E-state index contributed by atoms with van der Waals surface area (Å²) in [6, 6.07) is 4.98. The molecule has 1 unspecified atom stereocenters. The van der Waals surface area contributed by atoms with Gasteiger partial charge in [-0.15, -0.1) is 0 Å². The summed E-state index contributed by atoms with van der Waals surface area (Å²) >= 11 is 0. The number of aromatic hydroxyl groups is 1. The van der Waals surface area contributed by atoms with Crippen LogP contribution in [-0.2, 0) is 6.42 Å². The van der Waals surface area contributed by atoms with Crippen LogP contribution in [-0.4, -0.2) is 51.6 Å². The van der Waals surface area contributed by atoms with E-state index < -0.39 is 6.10 Å². The number of ether oxygens (including phenoxy) is 1. The first-order valence-electron chi connectivity index (χ1n) is 12.5. The lowest BCUT2D eigenvalue weighted by Gasteiger charge is -2.22. The van der Waals surface area contributed by atoms with Crippen LogP contribution in [0.2, 0.25) is 0 Å². The van der Waals surface area contributed by atoms with Gasteiger partial charge in [0.1, 0.15) is 30.0 Å². The number of aliphatic hydroxyl groups is 1. The van der Waals surface area contributed by atoms with Crippen LogP contribution in [0.4, 0.5) is 0 Å². The van der Waals surface area contributed by atoms with Crippen LogP contribution in [0.25, 0.3) is 22.6 Å². The molecule has 1 aromatic carbocycles. The molecular weight excluding hydrogens is 444 g/mol. The summed E-state index contributed by atoms with van der Waals surface area (Å²) in [7, 11) is 1.77. The van der Waals surface area contributed by atoms with Gasteiger partial charge in [-0.3, -0.25) is 0 Å². The van der Waals surface area contributed by atoms with E-state index in [0.29, 0.717) is 29.6 Å². The van der Waals surface area contributed by atoms with Crippen molar-refractivity contribution in [3.8, 4) is 34.1 Å². The number of aromatic nitrogens is 3. The van der Waals surface area contributed by atoms with Crippen molar-refractivity contribution in [1.29, 1.82) is 0 Å². The summed E-state index contributed by atoms with van der Waals surface area (Å²) in [6.45, 7) is 6.41. The number of nitrogens with one attached hydrogen (secondary N) is 1. The van der Waals surface area contributed by atoms with E-state index in [2.05, 4.69) is 17.4 Å². The van der Waals surface area contributed by atoms with Gasteiger partial charge in [-0.05, 0) is 57.9 Å². The molecule has 35 heavy (non-hydrogen) atoms. The lowest BCUT2D eigenvalue weighted by molar-refractivity contribution is 0.108. The minimum Gasteiger partial charge on any atom is -0.508 e. The molecular formula is C27H36N4O4. The molecule has 3 N–H and O–H groups in total. The van der Waals surface area contributed by atoms with Crippen molar-refractivity contribution >= 4 is 0 Å². The SMILES string of the molecule is CNCC(O)COc1cc(O)cc(-c2nc(CC3CCCCC3)c(C)c(-c3c(C)noc3C)n2)c1. The number of nitrogens with zero attached hydrogens (tertiary/aromatic N) is 3. The minimum absolute atomic E-state index is 0.0532. The fourth-order valence-corrected chi connectivity index (χ4v) is 4.90. The molecule has 2 aromatic heterocycles. The van der Waals surface area contributed by atoms with E-state index in [-0.39, 0.29) is 12.4 Å². The maximum Gasteiger partial charge on any atom is 0.160 e. The van der Waals surface area contributed by atoms with Crippen LogP contribution in [0, 0.1) is 26.7 Å². The molecule has 0 spiro atoms. The second kappa shape index (κ2) is 11.2. The highest BCUT2D eigenvalue weighted by molar-refractivity contribution is 5.71. The zero-order valence-electron chi connectivity index (χ0n) is 21.1. The monoisotopic (exact) mass is 480 g/mol. The molecule has 1 aliphatic rings. The molecule has 0 saturated heterocycles. The van der Waals surface area contributed by atoms with Gasteiger partial charge in [0.2, 0.25) is 0 Å². The van der Waals surface area contributed by atoms with Gasteiger partial charge in [0.25, 0.3) is 0 Å². The van der Waals surface area contributed by atoms with Crippen LogP contribution in [0.3, 0.4) is 0 Å². The zero-order valence-corrected chi connectivity index (χ0v) is 21.1. The number of phenolic OH excluding ortho intramolecular Hbond substituents is 1. The molecule has 8 nitrogen and oxygen atoms in total. The highest BCUT2D eigenvalue weighted by atomic mass is 16.5. The first kappa shape index (κ1) is 25.1. The summed E-state index contributed by atoms with van der Waals surface area (Å²) in [4.78, 5) is 9.92. The fraction of sp³-hybridized carbons (Fsp3) is 0.519. The molecule has 0 amide bonds. The normalized spacial score (nSPS) is 15.3. The Hall–Kier alpha value is -2.97. The summed E-state index contributed by atoms with van der Waals surface area (Å²) in [5, 5.41) is 27.5. The van der Waals surface area contributed by atoms with Crippen LogP contribution < -0.4 is 10.1 Å². The second-order valence-corrected chi connectivity index (χ2v) is 9.61. The average Bonchev–Trinajstić information content (AvgIpc) is 3.17. The van der Waals surface area contributed by atoms with Crippen molar-refractivity contribution in [1.82, 2.24) is 20.4 Å². The third kappa shape index (κ3) is 6.00. The van der Waals surface area contributed by atoms with Crippen LogP contribution in [0.15, 0.2) is 22.7 Å². The van der Waals surface area contributed by atoms with Crippen LogP contribution >= 0.6 is 0 Å². The van der Waals surface area contributed by atoms with E-state index in [1.807, 2.05) is 13.8 Å². The topological polar surface area (TPSA) is 114 Å². The minimum atomic E-state index is -0.658. The van der Waals surface area contributed by atoms with Gasteiger partial charge in [-0.2, -0.15) is 0 Å². The number of aryl methyl sites for hydroxylation is 2. The van der Waals surface area contributed by atoms with Gasteiger partial charge in [-0.25, -0.2) is 9.97 Å². The Labute approximate surface area is 206 Å². The fourth-order valence-electron chi connectivity index (χ4n) is 4.90. The molecule has 8 heteroatoms. The molecule has 1 fully saturated rings. The lowest BCUT2D eigenvalue weighted by Crippen LogP contribution is -2.29. The highest BCUT2D eigenvalue weighted by Crippen LogP contribution is 2.35. The van der Waals surface area contributed by atoms with E-state index in [1.54, 1.807) is 19.2 Å². The first-order valence-corrected chi connectivity index (χ1v) is 12.5. The smallest absolute Gasteiger partial charge is 0.160 e. The van der Waals surface area contributed by atoms with Gasteiger partial charge in [0.05, 0.1) is 17.0 Å². The Bertz CT molecular complexity index is 1130. The largest absolute Gasteiger partial charge is 0.508 e. The number of benzene rings is 1. The Morgan fingerprint density at radius 2 is 1.89 bits per heavy atom. The van der Waals surface area contributed by atoms with Gasteiger partial charge in [-0.1, -0.05) is 37.3 Å². The Morgan fingerprint density at radius 1 is 1.11 bits per heavy atom. The first-order chi connectivity index (χ1) is 16.9. The Balaban J connectivity index is 1.75. The third-order valence-electron chi connectivity index (χ3n) is 6.76. The zero-order chi connectivity index (χ0) is 24.9. The molecule has 2 heterocycles. The van der Waals surface area contributed by atoms with Gasteiger partial charge in [0, 0.05) is 23.9 Å². The number of likely N-dealkylation sites (N-methyl/N-ethyl adjacent to an activating group) is 1. The lowest BCUT2D eigenvalue weighted by atomic mass is 9.85. The predicted octanol–water partition coefficient (Wildman–Crippen LogP) is 4.51. The summed E-state index contributed by atoms with van der Waals surface area (Å²) in [5.41, 5.74) is 5.21. The Morgan fingerprint density at radius 3 is 2.57 bits per heavy atom. The molecule has 0 bridgehead atoms. The summed E-state index contributed by atoms with van der Waals surface area (Å²) in [6.07, 6.45) is 6.53. The van der Waals surface area contributed by atoms with Gasteiger partial charge < -0.3 is 24.8 Å². The number of hydrogen-bond donors (Lipinski definition) is 3. The number of phenols is 1. The molecule has 1 saturated carbocycles. The van der Waals surface area contributed by atoms with Crippen molar-refractivity contribution in [2.24, 2.45) is 5.92 Å². The van der Waals surface area contributed by atoms with Crippen LogP contribution in [0.1, 0.15) is 54.8 Å². The number of aliphatic hydroxyl groups excluding tert-OH is 1. The third-order valence-corrected chi connectivity index (χ3v) is 6.76. The standard InChI is InChI=1S/C27H36N4O4/c1-16-24(10-19-8-6-5-7-9-19)29-27(30-26(16)25-17(2)31-35-18(25)3)20-11-21(32)13-23(12-20)34-15-22(33)14-28-4/h11-13,19,22,28,32-33H,5-10,14-15H2,1-4H3. The number of hydrogen-bond acceptors (Lipinski definition) is 8. The van der Waals surface area contributed by atoms with E-state index in [1.165, 1.54) is 38.2 Å². The quantitative estimate of drug-likeness (QED) is 0.410. The maximum atomic E-state index is 10.4.